The van der Waals surface area contributed by atoms with Crippen LogP contribution in [0.1, 0.15) is 11.1 Å². The summed E-state index contributed by atoms with van der Waals surface area (Å²) in [7, 11) is 0. The lowest BCUT2D eigenvalue weighted by atomic mass is 10.0. The lowest BCUT2D eigenvalue weighted by Crippen LogP contribution is -2.04. The second kappa shape index (κ2) is 4.26. The second-order valence-corrected chi connectivity index (χ2v) is 3.90. The quantitative estimate of drug-likeness (QED) is 0.678. The van der Waals surface area contributed by atoms with Gasteiger partial charge in [-0.1, -0.05) is 30.3 Å². The average Bonchev–Trinajstić information content (AvgIpc) is 2.92. The Morgan fingerprint density at radius 1 is 1.11 bits per heavy atom. The van der Waals surface area contributed by atoms with Gasteiger partial charge in [0.1, 0.15) is 0 Å². The zero-order valence-corrected chi connectivity index (χ0v) is 9.48. The summed E-state index contributed by atoms with van der Waals surface area (Å²) in [5.41, 5.74) is 1.75. The van der Waals surface area contributed by atoms with Crippen molar-refractivity contribution in [2.75, 3.05) is 0 Å². The number of benzene rings is 2. The Balaban J connectivity index is 2.16. The molecule has 3 rings (SSSR count). The van der Waals surface area contributed by atoms with E-state index in [1.165, 1.54) is 11.1 Å². The van der Waals surface area contributed by atoms with Crippen molar-refractivity contribution in [2.24, 2.45) is 0 Å². The van der Waals surface area contributed by atoms with Crippen LogP contribution in [0.3, 0.4) is 0 Å². The number of tetrazole rings is 1. The maximum atomic E-state index is 9.09. The topological polar surface area (TPSA) is 67.4 Å². The van der Waals surface area contributed by atoms with E-state index in [0.717, 1.165) is 16.3 Å². The molecule has 0 N–H and O–H groups in total. The molecule has 1 aromatic heterocycles. The van der Waals surface area contributed by atoms with Crippen molar-refractivity contribution in [2.45, 2.75) is 6.54 Å². The fourth-order valence-electron chi connectivity index (χ4n) is 2.01. The summed E-state index contributed by atoms with van der Waals surface area (Å²) in [5, 5.41) is 22.6. The van der Waals surface area contributed by atoms with Crippen molar-refractivity contribution in [1.82, 2.24) is 20.2 Å². The van der Waals surface area contributed by atoms with Gasteiger partial charge in [-0.2, -0.15) is 10.1 Å². The van der Waals surface area contributed by atoms with Gasteiger partial charge >= 0.3 is 0 Å². The van der Waals surface area contributed by atoms with Gasteiger partial charge in [-0.05, 0) is 27.6 Å². The van der Waals surface area contributed by atoms with Crippen LogP contribution >= 0.6 is 0 Å². The van der Waals surface area contributed by atoms with Crippen molar-refractivity contribution in [3.05, 3.63) is 53.9 Å². The smallest absolute Gasteiger partial charge is 0.162 e. The third-order valence-electron chi connectivity index (χ3n) is 2.84. The Morgan fingerprint density at radius 3 is 2.67 bits per heavy atom. The molecule has 0 amide bonds. The summed E-state index contributed by atoms with van der Waals surface area (Å²) in [5.74, 6) is 0. The van der Waals surface area contributed by atoms with Gasteiger partial charge in [-0.25, -0.2) is 0 Å². The van der Waals surface area contributed by atoms with Crippen molar-refractivity contribution in [1.29, 1.82) is 5.26 Å². The Hall–Kier alpha value is -2.74. The normalized spacial score (nSPS) is 10.4. The van der Waals surface area contributed by atoms with Gasteiger partial charge in [0.2, 0.25) is 0 Å². The van der Waals surface area contributed by atoms with Gasteiger partial charge in [0.05, 0.1) is 18.2 Å². The minimum absolute atomic E-state index is 0.548. The molecule has 5 nitrogen and oxygen atoms in total. The first-order valence-corrected chi connectivity index (χ1v) is 5.50. The second-order valence-electron chi connectivity index (χ2n) is 3.90. The highest BCUT2D eigenvalue weighted by atomic mass is 15.6. The maximum absolute atomic E-state index is 9.09. The van der Waals surface area contributed by atoms with E-state index in [-0.39, 0.29) is 0 Å². The summed E-state index contributed by atoms with van der Waals surface area (Å²) in [6.45, 7) is 0.548. The molecule has 86 valence electrons. The molecule has 0 fully saturated rings. The van der Waals surface area contributed by atoms with E-state index >= 15 is 0 Å². The van der Waals surface area contributed by atoms with Crippen molar-refractivity contribution >= 4 is 10.8 Å². The number of hydrogen-bond acceptors (Lipinski definition) is 4. The predicted octanol–water partition coefficient (Wildman–Crippen LogP) is 1.75. The van der Waals surface area contributed by atoms with Gasteiger partial charge in [0.25, 0.3) is 0 Å². The largest absolute Gasteiger partial charge is 0.192 e. The number of hydrogen-bond donors (Lipinski definition) is 0. The SMILES string of the molecule is N#Cc1ccc(Cn2ncnn2)c2ccccc12. The highest BCUT2D eigenvalue weighted by Gasteiger charge is 2.06. The van der Waals surface area contributed by atoms with Gasteiger partial charge in [0, 0.05) is 0 Å². The van der Waals surface area contributed by atoms with E-state index in [0.29, 0.717) is 12.1 Å². The molecule has 2 aromatic carbocycles. The molecule has 0 atom stereocenters. The third-order valence-corrected chi connectivity index (χ3v) is 2.84. The van der Waals surface area contributed by atoms with Crippen LogP contribution in [-0.4, -0.2) is 20.2 Å². The molecule has 0 spiro atoms. The molecular weight excluding hydrogens is 226 g/mol. The van der Waals surface area contributed by atoms with Crippen LogP contribution in [0.25, 0.3) is 10.8 Å². The van der Waals surface area contributed by atoms with E-state index in [1.807, 2.05) is 36.4 Å². The zero-order valence-electron chi connectivity index (χ0n) is 9.48. The zero-order chi connectivity index (χ0) is 12.4. The fourth-order valence-corrected chi connectivity index (χ4v) is 2.01. The maximum Gasteiger partial charge on any atom is 0.162 e. The summed E-state index contributed by atoms with van der Waals surface area (Å²) in [4.78, 5) is 1.52. The van der Waals surface area contributed by atoms with Crippen molar-refractivity contribution in [3.8, 4) is 6.07 Å². The van der Waals surface area contributed by atoms with E-state index in [4.69, 9.17) is 5.26 Å². The van der Waals surface area contributed by atoms with Gasteiger partial charge in [0.15, 0.2) is 6.33 Å². The Labute approximate surface area is 103 Å². The van der Waals surface area contributed by atoms with Gasteiger partial charge in [-0.15, -0.1) is 10.2 Å². The van der Waals surface area contributed by atoms with Crippen LogP contribution in [0.5, 0.6) is 0 Å². The minimum Gasteiger partial charge on any atom is -0.192 e. The van der Waals surface area contributed by atoms with Crippen LogP contribution in [0.4, 0.5) is 0 Å². The first-order valence-electron chi connectivity index (χ1n) is 5.50. The van der Waals surface area contributed by atoms with Crippen LogP contribution in [0.15, 0.2) is 42.7 Å². The average molecular weight is 235 g/mol. The third kappa shape index (κ3) is 1.70. The predicted molar refractivity (Wildman–Crippen MR) is 65.6 cm³/mol. The number of nitrogens with zero attached hydrogens (tertiary/aromatic N) is 5. The van der Waals surface area contributed by atoms with Crippen molar-refractivity contribution < 1.29 is 0 Å². The van der Waals surface area contributed by atoms with Crippen LogP contribution in [0.2, 0.25) is 0 Å². The van der Waals surface area contributed by atoms with E-state index in [2.05, 4.69) is 21.5 Å². The molecule has 0 aliphatic rings. The Kier molecular flexibility index (Phi) is 2.47. The van der Waals surface area contributed by atoms with Crippen LogP contribution < -0.4 is 0 Å². The van der Waals surface area contributed by atoms with Gasteiger partial charge < -0.3 is 0 Å². The molecule has 0 saturated carbocycles. The molecule has 0 unspecified atom stereocenters. The molecule has 18 heavy (non-hydrogen) atoms. The first kappa shape index (κ1) is 10.4. The van der Waals surface area contributed by atoms with E-state index < -0.39 is 0 Å². The molecule has 3 aromatic rings. The molecular formula is C13H9N5. The highest BCUT2D eigenvalue weighted by molar-refractivity contribution is 5.90. The fraction of sp³-hybridized carbons (Fsp3) is 0.0769. The number of aromatic nitrogens is 4. The molecule has 0 radical (unpaired) electrons. The first-order chi connectivity index (χ1) is 8.88. The molecule has 5 heteroatoms. The molecule has 0 aliphatic carbocycles. The summed E-state index contributed by atoms with van der Waals surface area (Å²) < 4.78 is 0. The highest BCUT2D eigenvalue weighted by Crippen LogP contribution is 2.22. The number of rotatable bonds is 2. The van der Waals surface area contributed by atoms with Crippen LogP contribution in [0, 0.1) is 11.3 Å². The molecule has 1 heterocycles. The Morgan fingerprint density at radius 2 is 1.94 bits per heavy atom. The molecule has 0 aliphatic heterocycles. The summed E-state index contributed by atoms with van der Waals surface area (Å²) in [6, 6.07) is 13.8. The standard InChI is InChI=1S/C13H9N5/c14-7-10-5-6-11(8-18-16-9-15-17-18)13-4-2-1-3-12(10)13/h1-6,9H,8H2. The van der Waals surface area contributed by atoms with E-state index in [1.54, 1.807) is 0 Å². The summed E-state index contributed by atoms with van der Waals surface area (Å²) >= 11 is 0. The number of fused-ring (bicyclic) bond motifs is 1. The molecule has 0 saturated heterocycles. The Bertz CT molecular complexity index is 725. The van der Waals surface area contributed by atoms with Crippen molar-refractivity contribution in [3.63, 3.8) is 0 Å². The van der Waals surface area contributed by atoms with Crippen LogP contribution in [-0.2, 0) is 6.54 Å². The lowest BCUT2D eigenvalue weighted by Gasteiger charge is -2.06. The number of nitriles is 1. The van der Waals surface area contributed by atoms with E-state index in [9.17, 15) is 0 Å². The van der Waals surface area contributed by atoms with Gasteiger partial charge in [-0.3, -0.25) is 0 Å². The monoisotopic (exact) mass is 235 g/mol. The summed E-state index contributed by atoms with van der Waals surface area (Å²) in [6.07, 6.45) is 1.41. The molecule has 0 bridgehead atoms. The minimum atomic E-state index is 0.548. The lowest BCUT2D eigenvalue weighted by molar-refractivity contribution is 0.574.